The molecule has 2 saturated heterocycles. The summed E-state index contributed by atoms with van der Waals surface area (Å²) in [5.74, 6) is -5.10. The maximum Gasteiger partial charge on any atom is 0.254 e. The van der Waals surface area contributed by atoms with E-state index in [0.29, 0.717) is 16.8 Å². The maximum atomic E-state index is 14.3. The summed E-state index contributed by atoms with van der Waals surface area (Å²) in [4.78, 5) is 54.4. The second kappa shape index (κ2) is 11.7. The number of nitrogens with one attached hydrogen (secondary N) is 1. The van der Waals surface area contributed by atoms with Gasteiger partial charge in [0.2, 0.25) is 11.8 Å². The molecule has 6 atom stereocenters. The molecule has 0 radical (unpaired) electrons. The molecule has 4 amide bonds. The number of rotatable bonds is 7. The monoisotopic (exact) mass is 737 g/mol. The summed E-state index contributed by atoms with van der Waals surface area (Å²) in [6.07, 6.45) is 2.00. The number of anilines is 3. The zero-order valence-electron chi connectivity index (χ0n) is 25.2. The highest BCUT2D eigenvalue weighted by Crippen LogP contribution is 2.65. The van der Waals surface area contributed by atoms with Gasteiger partial charge in [-0.1, -0.05) is 51.8 Å². The molecule has 3 fully saturated rings. The maximum absolute atomic E-state index is 14.3. The van der Waals surface area contributed by atoms with Crippen LogP contribution in [0.1, 0.15) is 31.2 Å². The van der Waals surface area contributed by atoms with Crippen molar-refractivity contribution in [1.29, 1.82) is 0 Å². The van der Waals surface area contributed by atoms with Crippen molar-refractivity contribution in [3.8, 4) is 11.5 Å². The van der Waals surface area contributed by atoms with Gasteiger partial charge in [-0.05, 0) is 79.8 Å². The van der Waals surface area contributed by atoms with Crippen LogP contribution in [-0.2, 0) is 19.2 Å². The lowest BCUT2D eigenvalue weighted by molar-refractivity contribution is -0.138. The van der Waals surface area contributed by atoms with Crippen molar-refractivity contribution in [3.63, 3.8) is 0 Å². The van der Waals surface area contributed by atoms with Gasteiger partial charge >= 0.3 is 0 Å². The molecule has 2 N–H and O–H groups in total. The fraction of sp³-hybridized carbons (Fsp3) is 0.314. The minimum Gasteiger partial charge on any atom is -0.504 e. The van der Waals surface area contributed by atoms with E-state index in [0.717, 1.165) is 16.3 Å². The Bertz CT molecular complexity index is 1840. The fourth-order valence-corrected chi connectivity index (χ4v) is 9.17. The zero-order chi connectivity index (χ0) is 33.2. The quantitative estimate of drug-likeness (QED) is 0.124. The highest BCUT2D eigenvalue weighted by molar-refractivity contribution is 9.09. The summed E-state index contributed by atoms with van der Waals surface area (Å²) in [6.45, 7) is 2.04. The Morgan fingerprint density at radius 2 is 1.64 bits per heavy atom. The van der Waals surface area contributed by atoms with E-state index in [1.807, 2.05) is 36.4 Å². The van der Waals surface area contributed by atoms with Crippen molar-refractivity contribution < 1.29 is 29.0 Å². The van der Waals surface area contributed by atoms with E-state index in [1.165, 1.54) is 11.0 Å². The van der Waals surface area contributed by atoms with Crippen LogP contribution in [0.15, 0.2) is 84.4 Å². The van der Waals surface area contributed by atoms with E-state index < -0.39 is 51.1 Å². The van der Waals surface area contributed by atoms with Crippen molar-refractivity contribution >= 4 is 79.8 Å². The number of halogens is 3. The number of fused-ring (bicyclic) bond motifs is 4. The second-order valence-electron chi connectivity index (χ2n) is 12.2. The Balaban J connectivity index is 1.28. The Hall–Kier alpha value is -3.86. The van der Waals surface area contributed by atoms with Gasteiger partial charge in [0.05, 0.1) is 29.6 Å². The van der Waals surface area contributed by atoms with E-state index in [-0.39, 0.29) is 42.3 Å². The lowest BCUT2D eigenvalue weighted by Crippen LogP contribution is -2.60. The molecular formula is C35H30BrCl2N3O6. The average Bonchev–Trinajstić information content (AvgIpc) is 3.40. The molecule has 0 aromatic heterocycles. The first-order valence-electron chi connectivity index (χ1n) is 15.3. The number of amides is 4. The SMILES string of the molecule is CCOc1cc([C@H]2C3=CC[C@@H]4C(=O)N(c5ccc(Nc6ccccc6)cc5)C(=O)[C@@H]4[C@@H]3C[C@@]3(Cl)C(=O)N(CBr)C(=O)[C@@]23Cl)ccc1O. The van der Waals surface area contributed by atoms with Crippen LogP contribution in [0, 0.1) is 17.8 Å². The van der Waals surface area contributed by atoms with E-state index in [9.17, 15) is 24.3 Å². The first-order valence-corrected chi connectivity index (χ1v) is 17.2. The Morgan fingerprint density at radius 3 is 2.32 bits per heavy atom. The number of alkyl halides is 3. The largest absolute Gasteiger partial charge is 0.504 e. The number of allylic oxidation sites excluding steroid dienone is 2. The van der Waals surface area contributed by atoms with Gasteiger partial charge in [0, 0.05) is 17.3 Å². The van der Waals surface area contributed by atoms with Gasteiger partial charge in [-0.2, -0.15) is 0 Å². The van der Waals surface area contributed by atoms with Crippen LogP contribution < -0.4 is 15.0 Å². The first kappa shape index (κ1) is 31.7. The number of ether oxygens (including phenoxy) is 1. The summed E-state index contributed by atoms with van der Waals surface area (Å²) < 4.78 is 5.64. The van der Waals surface area contributed by atoms with Crippen LogP contribution in [0.25, 0.3) is 0 Å². The minimum atomic E-state index is -1.94. The highest BCUT2D eigenvalue weighted by atomic mass is 79.9. The van der Waals surface area contributed by atoms with Crippen LogP contribution >= 0.6 is 39.1 Å². The van der Waals surface area contributed by atoms with Gasteiger partial charge < -0.3 is 15.2 Å². The van der Waals surface area contributed by atoms with Gasteiger partial charge in [0.1, 0.15) is 0 Å². The molecule has 7 rings (SSSR count). The van der Waals surface area contributed by atoms with Crippen LogP contribution in [0.2, 0.25) is 0 Å². The summed E-state index contributed by atoms with van der Waals surface area (Å²) in [7, 11) is 0. The smallest absolute Gasteiger partial charge is 0.254 e. The van der Waals surface area contributed by atoms with Gasteiger partial charge in [-0.25, -0.2) is 0 Å². The van der Waals surface area contributed by atoms with E-state index in [4.69, 9.17) is 27.9 Å². The van der Waals surface area contributed by atoms with Crippen molar-refractivity contribution in [1.82, 2.24) is 4.90 Å². The third-order valence-corrected chi connectivity index (χ3v) is 11.7. The molecule has 3 aromatic rings. The van der Waals surface area contributed by atoms with Crippen molar-refractivity contribution in [2.45, 2.75) is 35.4 Å². The fourth-order valence-electron chi connectivity index (χ4n) is 7.74. The van der Waals surface area contributed by atoms with Crippen LogP contribution in [0.5, 0.6) is 11.5 Å². The molecule has 2 aliphatic carbocycles. The number of likely N-dealkylation sites (tertiary alicyclic amines) is 1. The number of aromatic hydroxyl groups is 1. The van der Waals surface area contributed by atoms with Gasteiger partial charge in [0.25, 0.3) is 11.8 Å². The van der Waals surface area contributed by atoms with Crippen LogP contribution in [-0.4, -0.2) is 55.4 Å². The highest BCUT2D eigenvalue weighted by Gasteiger charge is 2.76. The number of hydrogen-bond donors (Lipinski definition) is 2. The predicted molar refractivity (Wildman–Crippen MR) is 181 cm³/mol. The van der Waals surface area contributed by atoms with E-state index in [1.54, 1.807) is 43.3 Å². The Kier molecular flexibility index (Phi) is 7.88. The van der Waals surface area contributed by atoms with Gasteiger partial charge in [-0.15, -0.1) is 23.2 Å². The van der Waals surface area contributed by atoms with Crippen LogP contribution in [0.3, 0.4) is 0 Å². The van der Waals surface area contributed by atoms with E-state index >= 15 is 0 Å². The number of phenols is 1. The molecule has 2 heterocycles. The number of carbonyl (C=O) groups is 4. The summed E-state index contributed by atoms with van der Waals surface area (Å²) in [5.41, 5.74) is 3.17. The number of benzene rings is 3. The minimum absolute atomic E-state index is 0.102. The Morgan fingerprint density at radius 1 is 0.936 bits per heavy atom. The molecule has 242 valence electrons. The summed E-state index contributed by atoms with van der Waals surface area (Å²) >= 11 is 17.8. The number of phenolic OH excluding ortho intramolecular Hbond substituents is 1. The molecule has 9 nitrogen and oxygen atoms in total. The summed E-state index contributed by atoms with van der Waals surface area (Å²) in [5, 5.41) is 13.8. The third kappa shape index (κ3) is 4.63. The summed E-state index contributed by atoms with van der Waals surface area (Å²) in [6, 6.07) is 21.3. The predicted octanol–water partition coefficient (Wildman–Crippen LogP) is 6.45. The standard InChI is InChI=1S/C35H30BrCl2N3O6/c1-2-47-27-16-19(8-15-26(27)42)29-23-13-14-24-28(25(23)17-34(37)32(45)40(18-36)33(46)35(29,34)38)31(44)41(30(24)43)22-11-9-21(10-12-22)39-20-6-4-3-5-7-20/h3-13,15-16,24-25,28-29,39,42H,2,14,17-18H2,1H3/t24-,25+,28-,29-,34+,35-/m0/s1. The second-order valence-corrected chi connectivity index (χ2v) is 13.9. The molecule has 47 heavy (non-hydrogen) atoms. The first-order chi connectivity index (χ1) is 22.5. The number of nitrogens with zero attached hydrogens (tertiary/aromatic N) is 2. The Labute approximate surface area is 289 Å². The van der Waals surface area contributed by atoms with Gasteiger partial charge in [0.15, 0.2) is 21.2 Å². The van der Waals surface area contributed by atoms with Crippen molar-refractivity contribution in [2.24, 2.45) is 17.8 Å². The molecule has 0 bridgehead atoms. The topological polar surface area (TPSA) is 116 Å². The van der Waals surface area contributed by atoms with Gasteiger partial charge in [-0.3, -0.25) is 29.0 Å². The normalized spacial score (nSPS) is 29.7. The number of carbonyl (C=O) groups excluding carboxylic acids is 4. The zero-order valence-corrected chi connectivity index (χ0v) is 28.3. The number of imide groups is 2. The lowest BCUT2D eigenvalue weighted by atomic mass is 9.56. The van der Waals surface area contributed by atoms with E-state index in [2.05, 4.69) is 21.2 Å². The number of hydrogen-bond acceptors (Lipinski definition) is 7. The molecule has 3 aromatic carbocycles. The lowest BCUT2D eigenvalue weighted by Gasteiger charge is -2.50. The molecule has 0 spiro atoms. The van der Waals surface area contributed by atoms with Crippen LogP contribution in [0.4, 0.5) is 17.1 Å². The number of para-hydroxylation sites is 1. The molecule has 2 aliphatic heterocycles. The molecule has 1 saturated carbocycles. The molecular weight excluding hydrogens is 709 g/mol. The molecule has 4 aliphatic rings. The molecule has 0 unspecified atom stereocenters. The molecule has 12 heteroatoms. The third-order valence-electron chi connectivity index (χ3n) is 9.82. The average molecular weight is 739 g/mol. The van der Waals surface area contributed by atoms with Crippen molar-refractivity contribution in [3.05, 3.63) is 90.0 Å². The van der Waals surface area contributed by atoms with Crippen molar-refractivity contribution in [2.75, 3.05) is 22.3 Å².